The molecule has 0 amide bonds. The number of rotatable bonds is 3. The van der Waals surface area contributed by atoms with Crippen molar-refractivity contribution in [3.8, 4) is 5.75 Å². The van der Waals surface area contributed by atoms with Gasteiger partial charge in [0, 0.05) is 24.1 Å². The highest BCUT2D eigenvalue weighted by atomic mass is 79.9. The van der Waals surface area contributed by atoms with Crippen LogP contribution in [0, 0.1) is 0 Å². The molecule has 1 fully saturated rings. The maximum atomic E-state index is 9.31. The molecule has 1 aliphatic rings. The lowest BCUT2D eigenvalue weighted by molar-refractivity contribution is 0.471. The summed E-state index contributed by atoms with van der Waals surface area (Å²) in [7, 11) is 0. The molecule has 76 valence electrons. The highest BCUT2D eigenvalue weighted by molar-refractivity contribution is 9.10. The fourth-order valence-electron chi connectivity index (χ4n) is 1.28. The van der Waals surface area contributed by atoms with Gasteiger partial charge in [-0.05, 0) is 33.6 Å². The minimum absolute atomic E-state index is 0.299. The van der Waals surface area contributed by atoms with Gasteiger partial charge in [0.2, 0.25) is 0 Å². The molecular formula is C10H12BrNOS. The molecule has 0 aromatic heterocycles. The summed E-state index contributed by atoms with van der Waals surface area (Å²) >= 11 is 5.28. The predicted molar refractivity (Wildman–Crippen MR) is 63.8 cm³/mol. The summed E-state index contributed by atoms with van der Waals surface area (Å²) in [6.45, 7) is 0.879. The van der Waals surface area contributed by atoms with Crippen molar-refractivity contribution in [1.82, 2.24) is 5.32 Å². The molecular weight excluding hydrogens is 262 g/mol. The van der Waals surface area contributed by atoms with Crippen LogP contribution in [0.15, 0.2) is 22.7 Å². The van der Waals surface area contributed by atoms with Gasteiger partial charge in [-0.15, -0.1) is 0 Å². The number of phenolic OH excluding ortho intramolecular Hbond substituents is 1. The van der Waals surface area contributed by atoms with E-state index in [1.54, 1.807) is 6.07 Å². The van der Waals surface area contributed by atoms with E-state index in [0.29, 0.717) is 11.8 Å². The van der Waals surface area contributed by atoms with E-state index in [-0.39, 0.29) is 0 Å². The number of nitrogens with one attached hydrogen (secondary N) is 1. The van der Waals surface area contributed by atoms with E-state index in [2.05, 4.69) is 21.2 Å². The van der Waals surface area contributed by atoms with E-state index in [9.17, 15) is 5.11 Å². The van der Waals surface area contributed by atoms with Gasteiger partial charge in [0.15, 0.2) is 0 Å². The molecule has 14 heavy (non-hydrogen) atoms. The molecule has 0 aliphatic carbocycles. The maximum Gasteiger partial charge on any atom is 0.129 e. The summed E-state index contributed by atoms with van der Waals surface area (Å²) in [6.07, 6.45) is 0. The van der Waals surface area contributed by atoms with Crippen LogP contribution in [0.2, 0.25) is 0 Å². The van der Waals surface area contributed by atoms with E-state index < -0.39 is 0 Å². The zero-order chi connectivity index (χ0) is 9.97. The fraction of sp³-hybridized carbons (Fsp3) is 0.400. The average Bonchev–Trinajstić information content (AvgIpc) is 2.08. The largest absolute Gasteiger partial charge is 0.507 e. The third-order valence-corrected chi connectivity index (χ3v) is 4.16. The van der Waals surface area contributed by atoms with Crippen molar-refractivity contribution >= 4 is 27.7 Å². The standard InChI is InChI=1S/C10H12BrNOS/c11-9-3-7(1-2-10(9)13)4-12-8-5-14-6-8/h1-3,8,12-13H,4-6H2. The van der Waals surface area contributed by atoms with Gasteiger partial charge >= 0.3 is 0 Å². The number of phenols is 1. The molecule has 1 heterocycles. The Labute approximate surface area is 96.2 Å². The zero-order valence-electron chi connectivity index (χ0n) is 7.66. The van der Waals surface area contributed by atoms with Crippen LogP contribution in [0.1, 0.15) is 5.56 Å². The van der Waals surface area contributed by atoms with Crippen molar-refractivity contribution in [3.05, 3.63) is 28.2 Å². The Bertz CT molecular complexity index is 328. The molecule has 0 spiro atoms. The van der Waals surface area contributed by atoms with Gasteiger partial charge in [-0.3, -0.25) is 0 Å². The zero-order valence-corrected chi connectivity index (χ0v) is 10.1. The molecule has 0 bridgehead atoms. The maximum absolute atomic E-state index is 9.31. The third-order valence-electron chi connectivity index (χ3n) is 2.25. The first-order valence-electron chi connectivity index (χ1n) is 4.54. The van der Waals surface area contributed by atoms with Crippen LogP contribution in [0.5, 0.6) is 5.75 Å². The number of hydrogen-bond acceptors (Lipinski definition) is 3. The van der Waals surface area contributed by atoms with Crippen molar-refractivity contribution in [2.75, 3.05) is 11.5 Å². The first-order valence-corrected chi connectivity index (χ1v) is 6.49. The van der Waals surface area contributed by atoms with Crippen molar-refractivity contribution in [2.24, 2.45) is 0 Å². The molecule has 2 nitrogen and oxygen atoms in total. The Morgan fingerprint density at radius 2 is 2.29 bits per heavy atom. The van der Waals surface area contributed by atoms with Crippen LogP contribution in [-0.4, -0.2) is 22.7 Å². The van der Waals surface area contributed by atoms with Gasteiger partial charge in [0.05, 0.1) is 4.47 Å². The van der Waals surface area contributed by atoms with Crippen LogP contribution < -0.4 is 5.32 Å². The molecule has 4 heteroatoms. The highest BCUT2D eigenvalue weighted by Crippen LogP contribution is 2.24. The van der Waals surface area contributed by atoms with Gasteiger partial charge < -0.3 is 10.4 Å². The lowest BCUT2D eigenvalue weighted by atomic mass is 10.2. The average molecular weight is 274 g/mol. The minimum Gasteiger partial charge on any atom is -0.507 e. The van der Waals surface area contributed by atoms with Crippen LogP contribution in [0.4, 0.5) is 0 Å². The van der Waals surface area contributed by atoms with Gasteiger partial charge in [-0.2, -0.15) is 11.8 Å². The van der Waals surface area contributed by atoms with Crippen LogP contribution >= 0.6 is 27.7 Å². The molecule has 2 N–H and O–H groups in total. The summed E-state index contributed by atoms with van der Waals surface area (Å²) in [4.78, 5) is 0. The second-order valence-corrected chi connectivity index (χ2v) is 5.33. The summed E-state index contributed by atoms with van der Waals surface area (Å²) in [5.41, 5.74) is 1.20. The lowest BCUT2D eigenvalue weighted by Gasteiger charge is -2.26. The number of hydrogen-bond donors (Lipinski definition) is 2. The van der Waals surface area contributed by atoms with E-state index in [1.165, 1.54) is 17.1 Å². The number of aromatic hydroxyl groups is 1. The van der Waals surface area contributed by atoms with Crippen molar-refractivity contribution in [2.45, 2.75) is 12.6 Å². The van der Waals surface area contributed by atoms with Crippen LogP contribution in [0.3, 0.4) is 0 Å². The van der Waals surface area contributed by atoms with E-state index in [0.717, 1.165) is 11.0 Å². The van der Waals surface area contributed by atoms with Crippen LogP contribution in [-0.2, 0) is 6.54 Å². The lowest BCUT2D eigenvalue weighted by Crippen LogP contribution is -2.39. The van der Waals surface area contributed by atoms with E-state index >= 15 is 0 Å². The molecule has 1 aromatic carbocycles. The molecule has 1 aliphatic heterocycles. The molecule has 1 saturated heterocycles. The Morgan fingerprint density at radius 3 is 2.86 bits per heavy atom. The van der Waals surface area contributed by atoms with Gasteiger partial charge in [-0.25, -0.2) is 0 Å². The summed E-state index contributed by atoms with van der Waals surface area (Å²) in [5.74, 6) is 2.74. The topological polar surface area (TPSA) is 32.3 Å². The Morgan fingerprint density at radius 1 is 1.50 bits per heavy atom. The molecule has 0 radical (unpaired) electrons. The smallest absolute Gasteiger partial charge is 0.129 e. The van der Waals surface area contributed by atoms with Gasteiger partial charge in [0.25, 0.3) is 0 Å². The number of halogens is 1. The van der Waals surface area contributed by atoms with Crippen LogP contribution in [0.25, 0.3) is 0 Å². The predicted octanol–water partition coefficient (Wildman–Crippen LogP) is 2.36. The van der Waals surface area contributed by atoms with Crippen molar-refractivity contribution in [1.29, 1.82) is 0 Å². The minimum atomic E-state index is 0.299. The Hall–Kier alpha value is -0.190. The number of benzene rings is 1. The second-order valence-electron chi connectivity index (χ2n) is 3.40. The Balaban J connectivity index is 1.91. The molecule has 2 rings (SSSR count). The second kappa shape index (κ2) is 4.55. The quantitative estimate of drug-likeness (QED) is 0.887. The van der Waals surface area contributed by atoms with Crippen molar-refractivity contribution < 1.29 is 5.11 Å². The van der Waals surface area contributed by atoms with Crippen molar-refractivity contribution in [3.63, 3.8) is 0 Å². The SMILES string of the molecule is Oc1ccc(CNC2CSC2)cc1Br. The summed E-state index contributed by atoms with van der Waals surface area (Å²) in [6, 6.07) is 6.29. The normalized spacial score (nSPS) is 16.6. The molecule has 0 saturated carbocycles. The van der Waals surface area contributed by atoms with E-state index in [4.69, 9.17) is 0 Å². The fourth-order valence-corrected chi connectivity index (χ4v) is 2.41. The van der Waals surface area contributed by atoms with Gasteiger partial charge in [-0.1, -0.05) is 6.07 Å². The highest BCUT2D eigenvalue weighted by Gasteiger charge is 2.16. The molecule has 1 aromatic rings. The molecule has 0 unspecified atom stereocenters. The summed E-state index contributed by atoms with van der Waals surface area (Å²) in [5, 5.41) is 12.8. The monoisotopic (exact) mass is 273 g/mol. The molecule has 0 atom stereocenters. The third kappa shape index (κ3) is 2.43. The first kappa shape index (κ1) is 10.3. The number of thioether (sulfide) groups is 1. The summed E-state index contributed by atoms with van der Waals surface area (Å²) < 4.78 is 0.764. The Kier molecular flexibility index (Phi) is 3.36. The van der Waals surface area contributed by atoms with Gasteiger partial charge in [0.1, 0.15) is 5.75 Å². The first-order chi connectivity index (χ1) is 6.75. The van der Waals surface area contributed by atoms with E-state index in [1.807, 2.05) is 23.9 Å².